The van der Waals surface area contributed by atoms with Gasteiger partial charge in [-0.3, -0.25) is 9.48 Å². The van der Waals surface area contributed by atoms with Crippen molar-refractivity contribution in [3.05, 3.63) is 46.8 Å². The van der Waals surface area contributed by atoms with Crippen LogP contribution in [0.15, 0.2) is 24.3 Å². The van der Waals surface area contributed by atoms with E-state index in [1.807, 2.05) is 19.9 Å². The molecule has 6 nitrogen and oxygen atoms in total. The van der Waals surface area contributed by atoms with Gasteiger partial charge in [0.15, 0.2) is 0 Å². The molecule has 1 heterocycles. The largest absolute Gasteiger partial charge is 0.478 e. The van der Waals surface area contributed by atoms with Crippen LogP contribution in [0.2, 0.25) is 0 Å². The molecule has 0 saturated carbocycles. The fraction of sp³-hybridized carbons (Fsp3) is 0.267. The highest BCUT2D eigenvalue weighted by Crippen LogP contribution is 2.15. The highest BCUT2D eigenvalue weighted by Gasteiger charge is 2.10. The van der Waals surface area contributed by atoms with Gasteiger partial charge in [-0.05, 0) is 50.6 Å². The van der Waals surface area contributed by atoms with Crippen LogP contribution >= 0.6 is 0 Å². The van der Waals surface area contributed by atoms with E-state index < -0.39 is 5.97 Å². The van der Waals surface area contributed by atoms with Gasteiger partial charge in [-0.15, -0.1) is 0 Å². The standard InChI is InChI=1S/C15H17N3O3/c1-9-6-12(4-5-13(9)15(20)21)16-14(19)8-18-11(3)7-10(2)17-18/h4-7H,8H2,1-3H3,(H,16,19)(H,20,21). The molecular formula is C15H17N3O3. The fourth-order valence-corrected chi connectivity index (χ4v) is 2.15. The van der Waals surface area contributed by atoms with Crippen LogP contribution in [0.5, 0.6) is 0 Å². The van der Waals surface area contributed by atoms with Crippen LogP contribution in [0.25, 0.3) is 0 Å². The molecule has 1 aromatic heterocycles. The molecule has 0 spiro atoms. The molecule has 0 unspecified atom stereocenters. The van der Waals surface area contributed by atoms with Crippen molar-refractivity contribution in [2.75, 3.05) is 5.32 Å². The molecule has 110 valence electrons. The van der Waals surface area contributed by atoms with Gasteiger partial charge in [0.25, 0.3) is 0 Å². The fourth-order valence-electron chi connectivity index (χ4n) is 2.15. The highest BCUT2D eigenvalue weighted by atomic mass is 16.4. The molecule has 0 saturated heterocycles. The van der Waals surface area contributed by atoms with Gasteiger partial charge in [0.1, 0.15) is 6.54 Å². The van der Waals surface area contributed by atoms with Crippen LogP contribution in [-0.2, 0) is 11.3 Å². The number of hydrogen-bond acceptors (Lipinski definition) is 3. The first kappa shape index (κ1) is 14.8. The minimum atomic E-state index is -0.979. The van der Waals surface area contributed by atoms with E-state index in [1.165, 1.54) is 6.07 Å². The van der Waals surface area contributed by atoms with Gasteiger partial charge >= 0.3 is 5.97 Å². The topological polar surface area (TPSA) is 84.2 Å². The molecular weight excluding hydrogens is 270 g/mol. The molecule has 0 radical (unpaired) electrons. The Morgan fingerprint density at radius 2 is 1.95 bits per heavy atom. The van der Waals surface area contributed by atoms with Crippen molar-refractivity contribution in [1.82, 2.24) is 9.78 Å². The van der Waals surface area contributed by atoms with Gasteiger partial charge < -0.3 is 10.4 Å². The Hall–Kier alpha value is -2.63. The summed E-state index contributed by atoms with van der Waals surface area (Å²) >= 11 is 0. The molecule has 6 heteroatoms. The number of carboxylic acids is 1. The number of carbonyl (C=O) groups excluding carboxylic acids is 1. The summed E-state index contributed by atoms with van der Waals surface area (Å²) in [6, 6.07) is 6.60. The van der Waals surface area contributed by atoms with Crippen molar-refractivity contribution < 1.29 is 14.7 Å². The summed E-state index contributed by atoms with van der Waals surface area (Å²) in [5, 5.41) is 15.9. The number of benzene rings is 1. The zero-order chi connectivity index (χ0) is 15.6. The number of amides is 1. The Balaban J connectivity index is 2.08. The first-order valence-electron chi connectivity index (χ1n) is 6.51. The van der Waals surface area contributed by atoms with Gasteiger partial charge in [-0.2, -0.15) is 5.10 Å². The van der Waals surface area contributed by atoms with Crippen molar-refractivity contribution >= 4 is 17.6 Å². The number of carbonyl (C=O) groups is 2. The van der Waals surface area contributed by atoms with Crippen LogP contribution in [0.1, 0.15) is 27.3 Å². The third kappa shape index (κ3) is 3.47. The van der Waals surface area contributed by atoms with Crippen molar-refractivity contribution in [2.45, 2.75) is 27.3 Å². The quantitative estimate of drug-likeness (QED) is 0.902. The van der Waals surface area contributed by atoms with Gasteiger partial charge in [0.2, 0.25) is 5.91 Å². The highest BCUT2D eigenvalue weighted by molar-refractivity contribution is 5.93. The molecule has 2 rings (SSSR count). The third-order valence-corrected chi connectivity index (χ3v) is 3.14. The maximum atomic E-state index is 12.0. The lowest BCUT2D eigenvalue weighted by Gasteiger charge is -2.08. The summed E-state index contributed by atoms with van der Waals surface area (Å²) < 4.78 is 1.63. The number of hydrogen-bond donors (Lipinski definition) is 2. The monoisotopic (exact) mass is 287 g/mol. The predicted octanol–water partition coefficient (Wildman–Crippen LogP) is 2.15. The minimum absolute atomic E-state index is 0.124. The number of carboxylic acid groups (broad SMARTS) is 1. The molecule has 21 heavy (non-hydrogen) atoms. The molecule has 0 aliphatic heterocycles. The lowest BCUT2D eigenvalue weighted by Crippen LogP contribution is -2.20. The molecule has 0 aliphatic rings. The lowest BCUT2D eigenvalue weighted by molar-refractivity contribution is -0.116. The normalized spacial score (nSPS) is 10.4. The van der Waals surface area contributed by atoms with Gasteiger partial charge in [-0.1, -0.05) is 0 Å². The van der Waals surface area contributed by atoms with Gasteiger partial charge in [-0.25, -0.2) is 4.79 Å². The number of nitrogens with one attached hydrogen (secondary N) is 1. The predicted molar refractivity (Wildman–Crippen MR) is 78.5 cm³/mol. The van der Waals surface area contributed by atoms with Crippen molar-refractivity contribution in [3.63, 3.8) is 0 Å². The van der Waals surface area contributed by atoms with E-state index in [0.29, 0.717) is 11.3 Å². The number of aromatic nitrogens is 2. The molecule has 2 aromatic rings. The van der Waals surface area contributed by atoms with E-state index in [2.05, 4.69) is 10.4 Å². The van der Waals surface area contributed by atoms with E-state index in [0.717, 1.165) is 11.4 Å². The van der Waals surface area contributed by atoms with Gasteiger partial charge in [0.05, 0.1) is 11.3 Å². The Morgan fingerprint density at radius 1 is 1.24 bits per heavy atom. The van der Waals surface area contributed by atoms with E-state index in [-0.39, 0.29) is 18.0 Å². The van der Waals surface area contributed by atoms with Crippen LogP contribution in [0.4, 0.5) is 5.69 Å². The number of aryl methyl sites for hydroxylation is 3. The summed E-state index contributed by atoms with van der Waals surface area (Å²) in [6.07, 6.45) is 0. The van der Waals surface area contributed by atoms with E-state index in [4.69, 9.17) is 5.11 Å². The average molecular weight is 287 g/mol. The average Bonchev–Trinajstić information content (AvgIpc) is 2.67. The Labute approximate surface area is 122 Å². The molecule has 0 fully saturated rings. The Bertz CT molecular complexity index is 704. The molecule has 0 bridgehead atoms. The molecule has 2 N–H and O–H groups in total. The van der Waals surface area contributed by atoms with Crippen LogP contribution in [-0.4, -0.2) is 26.8 Å². The molecule has 1 amide bonds. The zero-order valence-electron chi connectivity index (χ0n) is 12.2. The molecule has 0 aliphatic carbocycles. The van der Waals surface area contributed by atoms with E-state index in [1.54, 1.807) is 23.7 Å². The molecule has 0 atom stereocenters. The summed E-state index contributed by atoms with van der Waals surface area (Å²) in [7, 11) is 0. The first-order valence-corrected chi connectivity index (χ1v) is 6.51. The van der Waals surface area contributed by atoms with Crippen LogP contribution in [0, 0.1) is 20.8 Å². The van der Waals surface area contributed by atoms with Crippen molar-refractivity contribution in [1.29, 1.82) is 0 Å². The number of aromatic carboxylic acids is 1. The second kappa shape index (κ2) is 5.78. The number of nitrogens with zero attached hydrogens (tertiary/aromatic N) is 2. The van der Waals surface area contributed by atoms with Crippen LogP contribution < -0.4 is 5.32 Å². The third-order valence-electron chi connectivity index (χ3n) is 3.14. The van der Waals surface area contributed by atoms with E-state index in [9.17, 15) is 9.59 Å². The zero-order valence-corrected chi connectivity index (χ0v) is 12.2. The number of rotatable bonds is 4. The van der Waals surface area contributed by atoms with Crippen molar-refractivity contribution in [3.8, 4) is 0 Å². The van der Waals surface area contributed by atoms with Crippen LogP contribution in [0.3, 0.4) is 0 Å². The lowest BCUT2D eigenvalue weighted by atomic mass is 10.1. The maximum Gasteiger partial charge on any atom is 0.335 e. The van der Waals surface area contributed by atoms with Crippen molar-refractivity contribution in [2.24, 2.45) is 0 Å². The SMILES string of the molecule is Cc1cc(C)n(CC(=O)Nc2ccc(C(=O)O)c(C)c2)n1. The second-order valence-electron chi connectivity index (χ2n) is 4.97. The van der Waals surface area contributed by atoms with Gasteiger partial charge in [0, 0.05) is 11.4 Å². The first-order chi connectivity index (χ1) is 9.86. The summed E-state index contributed by atoms with van der Waals surface area (Å²) in [5.41, 5.74) is 3.18. The Kier molecular flexibility index (Phi) is 4.07. The molecule has 1 aromatic carbocycles. The second-order valence-corrected chi connectivity index (χ2v) is 4.97. The summed E-state index contributed by atoms with van der Waals surface area (Å²) in [6.45, 7) is 5.58. The maximum absolute atomic E-state index is 12.0. The summed E-state index contributed by atoms with van der Waals surface area (Å²) in [4.78, 5) is 22.9. The Morgan fingerprint density at radius 3 is 2.48 bits per heavy atom. The summed E-state index contributed by atoms with van der Waals surface area (Å²) in [5.74, 6) is -1.18. The minimum Gasteiger partial charge on any atom is -0.478 e. The van der Waals surface area contributed by atoms with E-state index >= 15 is 0 Å². The smallest absolute Gasteiger partial charge is 0.335 e. The number of anilines is 1.